The Labute approximate surface area is 197 Å². The van der Waals surface area contributed by atoms with Crippen molar-refractivity contribution in [1.29, 1.82) is 0 Å². The largest absolute Gasteiger partial charge is 0.469 e. The number of carbonyl (C=O) groups excluding carboxylic acids is 1. The van der Waals surface area contributed by atoms with E-state index in [0.717, 1.165) is 26.5 Å². The number of rotatable bonds is 9. The summed E-state index contributed by atoms with van der Waals surface area (Å²) in [5.74, 6) is 0.382. The van der Waals surface area contributed by atoms with Crippen LogP contribution in [0.2, 0.25) is 0 Å². The van der Waals surface area contributed by atoms with Crippen LogP contribution in [0.4, 0.5) is 0 Å². The second kappa shape index (κ2) is 9.86. The predicted molar refractivity (Wildman–Crippen MR) is 128 cm³/mol. The number of benzene rings is 2. The molecule has 7 nitrogen and oxygen atoms in total. The number of amides is 1. The molecule has 4 aromatic rings. The lowest BCUT2D eigenvalue weighted by molar-refractivity contribution is -0.122. The van der Waals surface area contributed by atoms with E-state index in [1.165, 1.54) is 15.6 Å². The maximum Gasteiger partial charge on any atom is 0.243 e. The smallest absolute Gasteiger partial charge is 0.243 e. The van der Waals surface area contributed by atoms with E-state index in [2.05, 4.69) is 10.3 Å². The van der Waals surface area contributed by atoms with E-state index in [9.17, 15) is 13.2 Å². The summed E-state index contributed by atoms with van der Waals surface area (Å²) in [7, 11) is -3.93. The molecule has 1 N–H and O–H groups in total. The first kappa shape index (κ1) is 23.2. The number of thiazole rings is 1. The normalized spacial score (nSPS) is 12.8. The molecule has 0 saturated carbocycles. The average molecular weight is 484 g/mol. The van der Waals surface area contributed by atoms with Gasteiger partial charge in [-0.3, -0.25) is 4.79 Å². The Morgan fingerprint density at radius 3 is 2.67 bits per heavy atom. The van der Waals surface area contributed by atoms with Crippen LogP contribution in [-0.4, -0.2) is 36.2 Å². The Bertz CT molecular complexity index is 1330. The molecule has 2 aromatic heterocycles. The van der Waals surface area contributed by atoms with Gasteiger partial charge in [0.15, 0.2) is 0 Å². The molecule has 172 valence electrons. The third kappa shape index (κ3) is 5.68. The number of fused-ring (bicyclic) bond motifs is 1. The number of sulfonamides is 1. The van der Waals surface area contributed by atoms with E-state index >= 15 is 0 Å². The van der Waals surface area contributed by atoms with E-state index in [1.807, 2.05) is 50.2 Å². The van der Waals surface area contributed by atoms with E-state index < -0.39 is 10.0 Å². The summed E-state index contributed by atoms with van der Waals surface area (Å²) in [5.41, 5.74) is 1.56. The Balaban J connectivity index is 1.57. The Kier molecular flexibility index (Phi) is 6.92. The first-order chi connectivity index (χ1) is 15.8. The molecular formula is C24H25N3O4S2. The van der Waals surface area contributed by atoms with Crippen LogP contribution in [0.15, 0.2) is 76.2 Å². The molecule has 0 saturated heterocycles. The second-order valence-corrected chi connectivity index (χ2v) is 11.0. The lowest BCUT2D eigenvalue weighted by atomic mass is 10.2. The molecule has 9 heteroatoms. The van der Waals surface area contributed by atoms with Gasteiger partial charge in [-0.1, -0.05) is 30.3 Å². The summed E-state index contributed by atoms with van der Waals surface area (Å²) in [5, 5.41) is 3.74. The summed E-state index contributed by atoms with van der Waals surface area (Å²) >= 11 is 1.44. The molecule has 0 bridgehead atoms. The van der Waals surface area contributed by atoms with Crippen LogP contribution in [0.5, 0.6) is 0 Å². The Morgan fingerprint density at radius 1 is 1.15 bits per heavy atom. The van der Waals surface area contributed by atoms with Crippen LogP contribution in [0, 0.1) is 6.92 Å². The fraction of sp³-hybridized carbons (Fsp3) is 0.250. The number of furan rings is 1. The van der Waals surface area contributed by atoms with Crippen LogP contribution in [0.1, 0.15) is 23.3 Å². The third-order valence-electron chi connectivity index (χ3n) is 5.12. The number of hydrogen-bond donors (Lipinski definition) is 1. The molecule has 0 spiro atoms. The van der Waals surface area contributed by atoms with Gasteiger partial charge in [-0.25, -0.2) is 13.4 Å². The molecule has 2 heterocycles. The SMILES string of the molecule is Cc1nc2ccc(S(=O)(=O)N(CC(=O)N[C@@H](C)Cc3ccco3)Cc3ccccc3)cc2s1. The van der Waals surface area contributed by atoms with Crippen molar-refractivity contribution in [3.63, 3.8) is 0 Å². The maximum atomic E-state index is 13.6. The molecule has 4 rings (SSSR count). The van der Waals surface area contributed by atoms with Crippen molar-refractivity contribution >= 4 is 37.5 Å². The zero-order chi connectivity index (χ0) is 23.4. The minimum atomic E-state index is -3.93. The van der Waals surface area contributed by atoms with Gasteiger partial charge in [0.25, 0.3) is 0 Å². The fourth-order valence-corrected chi connectivity index (χ4v) is 5.96. The van der Waals surface area contributed by atoms with E-state index in [0.29, 0.717) is 6.42 Å². The number of carbonyl (C=O) groups is 1. The van der Waals surface area contributed by atoms with Crippen LogP contribution >= 0.6 is 11.3 Å². The summed E-state index contributed by atoms with van der Waals surface area (Å²) in [6.45, 7) is 3.54. The van der Waals surface area contributed by atoms with Crippen LogP contribution < -0.4 is 5.32 Å². The summed E-state index contributed by atoms with van der Waals surface area (Å²) in [6.07, 6.45) is 2.10. The lowest BCUT2D eigenvalue weighted by Gasteiger charge is -2.23. The predicted octanol–water partition coefficient (Wildman–Crippen LogP) is 4.14. The molecular weight excluding hydrogens is 458 g/mol. The highest BCUT2D eigenvalue weighted by molar-refractivity contribution is 7.89. The molecule has 0 aliphatic heterocycles. The molecule has 0 unspecified atom stereocenters. The molecule has 1 amide bonds. The molecule has 2 aromatic carbocycles. The quantitative estimate of drug-likeness (QED) is 0.386. The number of hydrogen-bond acceptors (Lipinski definition) is 6. The number of nitrogens with zero attached hydrogens (tertiary/aromatic N) is 2. The number of nitrogens with one attached hydrogen (secondary N) is 1. The van der Waals surface area contributed by atoms with Gasteiger partial charge in [-0.2, -0.15) is 4.31 Å². The minimum Gasteiger partial charge on any atom is -0.469 e. The Hall–Kier alpha value is -3.01. The molecule has 1 atom stereocenters. The van der Waals surface area contributed by atoms with Crippen molar-refractivity contribution in [2.24, 2.45) is 0 Å². The topological polar surface area (TPSA) is 92.5 Å². The number of aryl methyl sites for hydroxylation is 1. The number of aromatic nitrogens is 1. The van der Waals surface area contributed by atoms with Gasteiger partial charge in [-0.05, 0) is 49.7 Å². The maximum absolute atomic E-state index is 13.6. The monoisotopic (exact) mass is 483 g/mol. The van der Waals surface area contributed by atoms with Crippen molar-refractivity contribution in [3.05, 3.63) is 83.3 Å². The van der Waals surface area contributed by atoms with Crippen molar-refractivity contribution in [1.82, 2.24) is 14.6 Å². The Morgan fingerprint density at radius 2 is 1.94 bits per heavy atom. The van der Waals surface area contributed by atoms with Crippen LogP contribution in [-0.2, 0) is 27.8 Å². The zero-order valence-corrected chi connectivity index (χ0v) is 20.0. The molecule has 0 fully saturated rings. The minimum absolute atomic E-state index is 0.0862. The van der Waals surface area contributed by atoms with Gasteiger partial charge >= 0.3 is 0 Å². The van der Waals surface area contributed by atoms with Crippen molar-refractivity contribution in [2.45, 2.75) is 37.8 Å². The standard InChI is InChI=1S/C24H25N3O4S2/c1-17(13-20-9-6-12-31-20)25-24(28)16-27(15-19-7-4-3-5-8-19)33(29,30)21-10-11-22-23(14-21)32-18(2)26-22/h3-12,14,17H,13,15-16H2,1-2H3,(H,25,28)/t17-/m0/s1. The molecule has 0 aliphatic rings. The van der Waals surface area contributed by atoms with E-state index in [-0.39, 0.29) is 29.9 Å². The lowest BCUT2D eigenvalue weighted by Crippen LogP contribution is -2.43. The highest BCUT2D eigenvalue weighted by Crippen LogP contribution is 2.27. The molecule has 0 radical (unpaired) electrons. The van der Waals surface area contributed by atoms with Gasteiger partial charge in [0.05, 0.1) is 32.9 Å². The van der Waals surface area contributed by atoms with Crippen molar-refractivity contribution in [3.8, 4) is 0 Å². The van der Waals surface area contributed by atoms with E-state index in [1.54, 1.807) is 30.5 Å². The summed E-state index contributed by atoms with van der Waals surface area (Å²) in [6, 6.07) is 17.5. The van der Waals surface area contributed by atoms with Gasteiger partial charge in [0, 0.05) is 19.0 Å². The van der Waals surface area contributed by atoms with Crippen molar-refractivity contribution in [2.75, 3.05) is 6.54 Å². The average Bonchev–Trinajstić information content (AvgIpc) is 3.41. The van der Waals surface area contributed by atoms with Gasteiger partial charge in [0.1, 0.15) is 5.76 Å². The van der Waals surface area contributed by atoms with Gasteiger partial charge in [-0.15, -0.1) is 11.3 Å². The fourth-order valence-electron chi connectivity index (χ4n) is 3.60. The summed E-state index contributed by atoms with van der Waals surface area (Å²) in [4.78, 5) is 17.4. The van der Waals surface area contributed by atoms with E-state index in [4.69, 9.17) is 4.42 Å². The highest BCUT2D eigenvalue weighted by Gasteiger charge is 2.28. The zero-order valence-electron chi connectivity index (χ0n) is 18.4. The second-order valence-electron chi connectivity index (χ2n) is 7.87. The van der Waals surface area contributed by atoms with Crippen LogP contribution in [0.25, 0.3) is 10.2 Å². The first-order valence-electron chi connectivity index (χ1n) is 10.5. The highest BCUT2D eigenvalue weighted by atomic mass is 32.2. The first-order valence-corrected chi connectivity index (χ1v) is 12.8. The van der Waals surface area contributed by atoms with Crippen LogP contribution in [0.3, 0.4) is 0 Å². The molecule has 0 aliphatic carbocycles. The van der Waals surface area contributed by atoms with Gasteiger partial charge < -0.3 is 9.73 Å². The van der Waals surface area contributed by atoms with Crippen molar-refractivity contribution < 1.29 is 17.6 Å². The summed E-state index contributed by atoms with van der Waals surface area (Å²) < 4.78 is 34.5. The third-order valence-corrected chi connectivity index (χ3v) is 7.84. The van der Waals surface area contributed by atoms with Gasteiger partial charge in [0.2, 0.25) is 15.9 Å². The molecule has 33 heavy (non-hydrogen) atoms.